The Balaban J connectivity index is 1.55. The van der Waals surface area contributed by atoms with Crippen molar-refractivity contribution in [2.24, 2.45) is 5.10 Å². The van der Waals surface area contributed by atoms with E-state index in [0.29, 0.717) is 11.1 Å². The smallest absolute Gasteiger partial charge is 0.416 e. The van der Waals surface area contributed by atoms with E-state index in [1.54, 1.807) is 25.3 Å². The number of fused-ring (bicyclic) bond motifs is 1. The van der Waals surface area contributed by atoms with E-state index in [0.717, 1.165) is 28.6 Å². The fourth-order valence-corrected chi connectivity index (χ4v) is 3.87. The van der Waals surface area contributed by atoms with Gasteiger partial charge in [0.2, 0.25) is 0 Å². The first-order valence-corrected chi connectivity index (χ1v) is 10.6. The molecule has 0 atom stereocenters. The zero-order valence-electron chi connectivity index (χ0n) is 17.9. The van der Waals surface area contributed by atoms with Crippen molar-refractivity contribution in [1.29, 1.82) is 0 Å². The fraction of sp³-hybridized carbons (Fsp3) is 0.120. The second-order valence-electron chi connectivity index (χ2n) is 7.79. The first kappa shape index (κ1) is 23.4. The van der Waals surface area contributed by atoms with Gasteiger partial charge >= 0.3 is 6.18 Å². The molecule has 9 heteroatoms. The molecule has 0 aliphatic rings. The van der Waals surface area contributed by atoms with Gasteiger partial charge in [-0.1, -0.05) is 35.4 Å². The second kappa shape index (κ2) is 9.23. The Hall–Kier alpha value is -3.78. The predicted molar refractivity (Wildman–Crippen MR) is 125 cm³/mol. The summed E-state index contributed by atoms with van der Waals surface area (Å²) in [6.45, 7) is 1.91. The minimum atomic E-state index is -4.40. The van der Waals surface area contributed by atoms with Crippen LogP contribution in [0, 0.1) is 6.92 Å². The summed E-state index contributed by atoms with van der Waals surface area (Å²) >= 11 is 5.83. The summed E-state index contributed by atoms with van der Waals surface area (Å²) in [6, 6.07) is 15.4. The molecule has 0 unspecified atom stereocenters. The molecule has 1 heterocycles. The number of phenols is 1. The number of aryl methyl sites for hydroxylation is 1. The lowest BCUT2D eigenvalue weighted by atomic mass is 10.1. The first-order valence-electron chi connectivity index (χ1n) is 10.2. The molecule has 0 spiro atoms. The normalized spacial score (nSPS) is 11.9. The van der Waals surface area contributed by atoms with Gasteiger partial charge in [0.05, 0.1) is 16.8 Å². The highest BCUT2D eigenvalue weighted by molar-refractivity contribution is 6.32. The van der Waals surface area contributed by atoms with E-state index < -0.39 is 17.6 Å². The summed E-state index contributed by atoms with van der Waals surface area (Å²) in [4.78, 5) is 12.2. The molecule has 0 saturated carbocycles. The number of hydrogen-bond donors (Lipinski definition) is 2. The van der Waals surface area contributed by atoms with Crippen molar-refractivity contribution in [2.45, 2.75) is 19.6 Å². The Morgan fingerprint density at radius 2 is 1.94 bits per heavy atom. The Labute approximate surface area is 198 Å². The van der Waals surface area contributed by atoms with Crippen LogP contribution in [0.4, 0.5) is 13.2 Å². The predicted octanol–water partition coefficient (Wildman–Crippen LogP) is 6.14. The minimum Gasteiger partial charge on any atom is -0.506 e. The van der Waals surface area contributed by atoms with Gasteiger partial charge in [-0.05, 0) is 55.0 Å². The summed E-state index contributed by atoms with van der Waals surface area (Å²) < 4.78 is 41.4. The maximum absolute atomic E-state index is 13.2. The van der Waals surface area contributed by atoms with Crippen molar-refractivity contribution in [1.82, 2.24) is 9.99 Å². The molecule has 3 aromatic carbocycles. The van der Waals surface area contributed by atoms with Gasteiger partial charge in [-0.2, -0.15) is 18.3 Å². The van der Waals surface area contributed by atoms with Gasteiger partial charge in [0.15, 0.2) is 0 Å². The van der Waals surface area contributed by atoms with E-state index >= 15 is 0 Å². The number of rotatable bonds is 5. The van der Waals surface area contributed by atoms with Gasteiger partial charge < -0.3 is 9.67 Å². The van der Waals surface area contributed by atoms with Gasteiger partial charge in [0.25, 0.3) is 5.91 Å². The quantitative estimate of drug-likeness (QED) is 0.263. The van der Waals surface area contributed by atoms with Crippen molar-refractivity contribution < 1.29 is 23.1 Å². The van der Waals surface area contributed by atoms with Gasteiger partial charge in [-0.3, -0.25) is 4.79 Å². The summed E-state index contributed by atoms with van der Waals surface area (Å²) in [6.07, 6.45) is -1.12. The highest BCUT2D eigenvalue weighted by Crippen LogP contribution is 2.31. The third kappa shape index (κ3) is 5.07. The van der Waals surface area contributed by atoms with Crippen LogP contribution in [0.5, 0.6) is 5.75 Å². The fourth-order valence-electron chi connectivity index (χ4n) is 3.68. The van der Waals surface area contributed by atoms with Crippen molar-refractivity contribution in [3.05, 3.63) is 99.7 Å². The minimum absolute atomic E-state index is 0.0544. The number of carbonyl (C=O) groups excluding carboxylic acids is 1. The molecular formula is C25H19ClF3N3O2. The number of nitrogens with zero attached hydrogens (tertiary/aromatic N) is 2. The van der Waals surface area contributed by atoms with Crippen molar-refractivity contribution >= 4 is 34.6 Å². The molecule has 1 amide bonds. The number of aromatic nitrogens is 1. The highest BCUT2D eigenvalue weighted by atomic mass is 35.5. The van der Waals surface area contributed by atoms with Crippen molar-refractivity contribution in [3.63, 3.8) is 0 Å². The molecule has 1 aromatic heterocycles. The van der Waals surface area contributed by atoms with Gasteiger partial charge in [0.1, 0.15) is 5.75 Å². The molecule has 174 valence electrons. The third-order valence-electron chi connectivity index (χ3n) is 5.24. The number of hydrogen-bond acceptors (Lipinski definition) is 3. The summed E-state index contributed by atoms with van der Waals surface area (Å²) in [5.41, 5.74) is 4.60. The molecule has 4 aromatic rings. The van der Waals surface area contributed by atoms with Crippen LogP contribution in [0.15, 0.2) is 72.0 Å². The standard InChI is InChI=1S/C25H19ClF3N3O2/c1-15-9-16(11-19(10-15)25(27,28)29)14-32-8-7-20-18(3-2-4-22(20)32)13-30-31-24(34)17-5-6-23(33)21(26)12-17/h2-13,33H,14H2,1H3,(H,31,34)/b30-13+. The molecule has 0 aliphatic heterocycles. The molecule has 0 saturated heterocycles. The lowest BCUT2D eigenvalue weighted by Gasteiger charge is -2.12. The number of hydrazone groups is 1. The number of nitrogens with one attached hydrogen (secondary N) is 1. The average molecular weight is 486 g/mol. The Morgan fingerprint density at radius 3 is 2.68 bits per heavy atom. The van der Waals surface area contributed by atoms with Gasteiger partial charge in [-0.25, -0.2) is 5.43 Å². The number of benzene rings is 3. The van der Waals surface area contributed by atoms with Crippen LogP contribution in [0.25, 0.3) is 10.9 Å². The number of carbonyl (C=O) groups is 1. The summed E-state index contributed by atoms with van der Waals surface area (Å²) in [7, 11) is 0. The third-order valence-corrected chi connectivity index (χ3v) is 5.55. The molecule has 2 N–H and O–H groups in total. The Kier molecular flexibility index (Phi) is 6.34. The van der Waals surface area contributed by atoms with Crippen LogP contribution in [-0.4, -0.2) is 21.8 Å². The maximum Gasteiger partial charge on any atom is 0.416 e. The van der Waals surface area contributed by atoms with E-state index in [9.17, 15) is 23.1 Å². The van der Waals surface area contributed by atoms with Gasteiger partial charge in [-0.15, -0.1) is 0 Å². The molecule has 0 bridgehead atoms. The molecule has 0 fully saturated rings. The van der Waals surface area contributed by atoms with Gasteiger partial charge in [0, 0.05) is 34.8 Å². The summed E-state index contributed by atoms with van der Waals surface area (Å²) in [5, 5.41) is 14.3. The van der Waals surface area contributed by atoms with Crippen LogP contribution >= 0.6 is 11.6 Å². The van der Waals surface area contributed by atoms with Crippen molar-refractivity contribution in [3.8, 4) is 5.75 Å². The molecule has 34 heavy (non-hydrogen) atoms. The molecule has 0 aliphatic carbocycles. The number of phenolic OH excluding ortho intramolecular Hbond substituents is 1. The van der Waals surface area contributed by atoms with E-state index in [1.807, 2.05) is 22.8 Å². The molecule has 0 radical (unpaired) electrons. The lowest BCUT2D eigenvalue weighted by Crippen LogP contribution is -2.17. The number of amides is 1. The summed E-state index contributed by atoms with van der Waals surface area (Å²) in [5.74, 6) is -0.624. The first-order chi connectivity index (χ1) is 16.1. The monoisotopic (exact) mass is 485 g/mol. The second-order valence-corrected chi connectivity index (χ2v) is 8.20. The van der Waals surface area contributed by atoms with Crippen LogP contribution in [0.2, 0.25) is 5.02 Å². The molecular weight excluding hydrogens is 467 g/mol. The number of aromatic hydroxyl groups is 1. The average Bonchev–Trinajstić information content (AvgIpc) is 3.18. The zero-order valence-corrected chi connectivity index (χ0v) is 18.7. The Morgan fingerprint density at radius 1 is 1.15 bits per heavy atom. The van der Waals surface area contributed by atoms with Crippen LogP contribution in [0.1, 0.15) is 32.6 Å². The zero-order chi connectivity index (χ0) is 24.5. The van der Waals surface area contributed by atoms with Crippen LogP contribution in [-0.2, 0) is 12.7 Å². The highest BCUT2D eigenvalue weighted by Gasteiger charge is 2.30. The topological polar surface area (TPSA) is 66.6 Å². The largest absolute Gasteiger partial charge is 0.506 e. The van der Waals surface area contributed by atoms with Crippen LogP contribution in [0.3, 0.4) is 0 Å². The number of halogens is 4. The lowest BCUT2D eigenvalue weighted by molar-refractivity contribution is -0.137. The maximum atomic E-state index is 13.2. The van der Waals surface area contributed by atoms with E-state index in [-0.39, 0.29) is 22.9 Å². The van der Waals surface area contributed by atoms with Crippen molar-refractivity contribution in [2.75, 3.05) is 0 Å². The van der Waals surface area contributed by atoms with Crippen LogP contribution < -0.4 is 5.43 Å². The Bertz CT molecular complexity index is 1410. The van der Waals surface area contributed by atoms with E-state index in [4.69, 9.17) is 11.6 Å². The number of alkyl halides is 3. The molecule has 5 nitrogen and oxygen atoms in total. The molecule has 4 rings (SSSR count). The SMILES string of the molecule is Cc1cc(Cn2ccc3c(/C=N/NC(=O)c4ccc(O)c(Cl)c4)cccc32)cc(C(F)(F)F)c1. The van der Waals surface area contributed by atoms with E-state index in [2.05, 4.69) is 10.5 Å². The van der Waals surface area contributed by atoms with E-state index in [1.165, 1.54) is 24.4 Å².